The van der Waals surface area contributed by atoms with Crippen LogP contribution in [0, 0.1) is 17.8 Å². The molecule has 0 aromatic carbocycles. The molecule has 4 heterocycles. The number of nitrogens with one attached hydrogen (secondary N) is 3. The normalized spacial score (nSPS) is 29.3. The summed E-state index contributed by atoms with van der Waals surface area (Å²) >= 11 is 0. The van der Waals surface area contributed by atoms with Crippen molar-refractivity contribution in [1.29, 1.82) is 0 Å². The molecular formula is C22H33FN6O2. The summed E-state index contributed by atoms with van der Waals surface area (Å²) in [5.74, 6) is -0.151. The van der Waals surface area contributed by atoms with Crippen LogP contribution in [0.25, 0.3) is 0 Å². The number of fused-ring (bicyclic) bond motifs is 1. The van der Waals surface area contributed by atoms with Gasteiger partial charge in [0.25, 0.3) is 5.91 Å². The summed E-state index contributed by atoms with van der Waals surface area (Å²) in [5.41, 5.74) is 0.537. The average Bonchev–Trinajstić information content (AvgIpc) is 2.78. The van der Waals surface area contributed by atoms with Gasteiger partial charge in [0.15, 0.2) is 0 Å². The first kappa shape index (κ1) is 22.0. The fourth-order valence-corrected chi connectivity index (χ4v) is 5.13. The molecule has 8 nitrogen and oxygen atoms in total. The predicted molar refractivity (Wildman–Crippen MR) is 116 cm³/mol. The molecule has 3 aliphatic rings. The number of nitrogens with zero attached hydrogens (tertiary/aromatic N) is 3. The summed E-state index contributed by atoms with van der Waals surface area (Å²) in [6.45, 7) is 7.18. The largest absolute Gasteiger partial charge is 0.365 e. The second kappa shape index (κ2) is 9.48. The summed E-state index contributed by atoms with van der Waals surface area (Å²) in [5, 5.41) is 9.36. The Labute approximate surface area is 182 Å². The molecule has 1 aromatic heterocycles. The van der Waals surface area contributed by atoms with Gasteiger partial charge >= 0.3 is 0 Å². The SMILES string of the molecule is CCC1CC2NCC(CN3CCN(c4ccc(C(=O)NC)nc4F)CC3)CC2NC1=O. The first-order valence-corrected chi connectivity index (χ1v) is 11.4. The zero-order chi connectivity index (χ0) is 22.0. The standard InChI is InChI=1S/C22H33FN6O2/c1-3-15-11-17-18(27-21(15)30)10-14(12-25-17)13-28-6-8-29(9-7-28)19-5-4-16(22(31)24-2)26-20(19)23/h4-5,14-15,17-18,25H,3,6-13H2,1-2H3,(H,24,31)(H,27,30). The van der Waals surface area contributed by atoms with E-state index in [1.807, 2.05) is 4.90 Å². The highest BCUT2D eigenvalue weighted by molar-refractivity contribution is 5.92. The average molecular weight is 433 g/mol. The van der Waals surface area contributed by atoms with Crippen molar-refractivity contribution in [2.45, 2.75) is 38.3 Å². The van der Waals surface area contributed by atoms with Crippen LogP contribution in [0.5, 0.6) is 0 Å². The van der Waals surface area contributed by atoms with E-state index in [2.05, 4.69) is 32.8 Å². The molecule has 0 radical (unpaired) electrons. The molecule has 0 aliphatic carbocycles. The lowest BCUT2D eigenvalue weighted by atomic mass is 9.80. The number of piperazine rings is 1. The molecular weight excluding hydrogens is 399 g/mol. The van der Waals surface area contributed by atoms with Crippen molar-refractivity contribution in [3.63, 3.8) is 0 Å². The Hall–Kier alpha value is -2.26. The number of hydrogen-bond donors (Lipinski definition) is 3. The fraction of sp³-hybridized carbons (Fsp3) is 0.682. The molecule has 3 saturated heterocycles. The number of carbonyl (C=O) groups is 2. The monoisotopic (exact) mass is 432 g/mol. The highest BCUT2D eigenvalue weighted by Gasteiger charge is 2.39. The number of pyridine rings is 1. The van der Waals surface area contributed by atoms with E-state index in [1.54, 1.807) is 12.1 Å². The lowest BCUT2D eigenvalue weighted by Crippen LogP contribution is -2.62. The zero-order valence-corrected chi connectivity index (χ0v) is 18.4. The molecule has 31 heavy (non-hydrogen) atoms. The van der Waals surface area contributed by atoms with Gasteiger partial charge in [0.1, 0.15) is 5.69 Å². The fourth-order valence-electron chi connectivity index (χ4n) is 5.13. The third kappa shape index (κ3) is 4.82. The molecule has 170 valence electrons. The highest BCUT2D eigenvalue weighted by atomic mass is 19.1. The smallest absolute Gasteiger partial charge is 0.269 e. The van der Waals surface area contributed by atoms with Crippen molar-refractivity contribution in [2.24, 2.45) is 11.8 Å². The minimum absolute atomic E-state index is 0.0885. The molecule has 4 atom stereocenters. The van der Waals surface area contributed by atoms with Crippen molar-refractivity contribution >= 4 is 17.5 Å². The Morgan fingerprint density at radius 1 is 1.23 bits per heavy atom. The maximum Gasteiger partial charge on any atom is 0.269 e. The maximum atomic E-state index is 14.5. The van der Waals surface area contributed by atoms with Gasteiger partial charge in [-0.3, -0.25) is 14.5 Å². The van der Waals surface area contributed by atoms with Crippen molar-refractivity contribution in [3.05, 3.63) is 23.8 Å². The summed E-state index contributed by atoms with van der Waals surface area (Å²) in [6.07, 6.45) is 2.85. The molecule has 3 aliphatic heterocycles. The molecule has 0 bridgehead atoms. The van der Waals surface area contributed by atoms with Crippen LogP contribution in [0.15, 0.2) is 12.1 Å². The van der Waals surface area contributed by atoms with Crippen LogP contribution < -0.4 is 20.9 Å². The van der Waals surface area contributed by atoms with Gasteiger partial charge in [-0.15, -0.1) is 0 Å². The van der Waals surface area contributed by atoms with Gasteiger partial charge in [0.2, 0.25) is 11.9 Å². The number of hydrogen-bond acceptors (Lipinski definition) is 6. The topological polar surface area (TPSA) is 89.6 Å². The van der Waals surface area contributed by atoms with Gasteiger partial charge in [-0.05, 0) is 43.9 Å². The van der Waals surface area contributed by atoms with Gasteiger partial charge in [-0.25, -0.2) is 4.98 Å². The van der Waals surface area contributed by atoms with Gasteiger partial charge in [-0.1, -0.05) is 6.92 Å². The van der Waals surface area contributed by atoms with Crippen LogP contribution in [0.3, 0.4) is 0 Å². The number of carbonyl (C=O) groups excluding carboxylic acids is 2. The second-order valence-electron chi connectivity index (χ2n) is 8.95. The van der Waals surface area contributed by atoms with Gasteiger partial charge < -0.3 is 20.9 Å². The number of amides is 2. The van der Waals surface area contributed by atoms with Crippen LogP contribution in [-0.2, 0) is 4.79 Å². The molecule has 0 spiro atoms. The minimum Gasteiger partial charge on any atom is -0.365 e. The lowest BCUT2D eigenvalue weighted by Gasteiger charge is -2.44. The zero-order valence-electron chi connectivity index (χ0n) is 18.4. The van der Waals surface area contributed by atoms with Crippen molar-refractivity contribution in [3.8, 4) is 0 Å². The number of piperidine rings is 2. The number of rotatable bonds is 5. The molecule has 3 N–H and O–H groups in total. The Bertz CT molecular complexity index is 813. The Kier molecular flexibility index (Phi) is 6.71. The van der Waals surface area contributed by atoms with E-state index in [9.17, 15) is 14.0 Å². The van der Waals surface area contributed by atoms with Gasteiger partial charge in [0.05, 0.1) is 5.69 Å². The van der Waals surface area contributed by atoms with Crippen molar-refractivity contribution in [1.82, 2.24) is 25.8 Å². The Balaban J connectivity index is 1.27. The van der Waals surface area contributed by atoms with Crippen LogP contribution in [0.1, 0.15) is 36.7 Å². The lowest BCUT2D eigenvalue weighted by molar-refractivity contribution is -0.129. The number of aromatic nitrogens is 1. The molecule has 2 amide bonds. The third-order valence-electron chi connectivity index (χ3n) is 6.99. The Morgan fingerprint density at radius 2 is 2.00 bits per heavy atom. The predicted octanol–water partition coefficient (Wildman–Crippen LogP) is 0.595. The van der Waals surface area contributed by atoms with Crippen molar-refractivity contribution in [2.75, 3.05) is 51.2 Å². The van der Waals surface area contributed by atoms with Crippen LogP contribution in [0.2, 0.25) is 0 Å². The second-order valence-corrected chi connectivity index (χ2v) is 8.95. The van der Waals surface area contributed by atoms with E-state index in [0.29, 0.717) is 17.6 Å². The molecule has 3 fully saturated rings. The molecule has 4 rings (SSSR count). The minimum atomic E-state index is -0.601. The molecule has 4 unspecified atom stereocenters. The summed E-state index contributed by atoms with van der Waals surface area (Å²) < 4.78 is 14.5. The third-order valence-corrected chi connectivity index (χ3v) is 6.99. The summed E-state index contributed by atoms with van der Waals surface area (Å²) in [7, 11) is 1.50. The Morgan fingerprint density at radius 3 is 2.68 bits per heavy atom. The summed E-state index contributed by atoms with van der Waals surface area (Å²) in [6, 6.07) is 3.83. The summed E-state index contributed by atoms with van der Waals surface area (Å²) in [4.78, 5) is 32.1. The molecule has 0 saturated carbocycles. The number of anilines is 1. The van der Waals surface area contributed by atoms with Gasteiger partial charge in [0, 0.05) is 57.8 Å². The van der Waals surface area contributed by atoms with E-state index in [0.717, 1.165) is 58.5 Å². The van der Waals surface area contributed by atoms with Crippen molar-refractivity contribution < 1.29 is 14.0 Å². The maximum absolute atomic E-state index is 14.5. The van der Waals surface area contributed by atoms with E-state index >= 15 is 0 Å². The molecule has 9 heteroatoms. The first-order valence-electron chi connectivity index (χ1n) is 11.4. The number of halogens is 1. The van der Waals surface area contributed by atoms with Crippen LogP contribution >= 0.6 is 0 Å². The van der Waals surface area contributed by atoms with E-state index < -0.39 is 11.9 Å². The van der Waals surface area contributed by atoms with Crippen LogP contribution in [-0.4, -0.2) is 80.1 Å². The first-order chi connectivity index (χ1) is 15.0. The van der Waals surface area contributed by atoms with Crippen LogP contribution in [0.4, 0.5) is 10.1 Å². The van der Waals surface area contributed by atoms with E-state index in [4.69, 9.17) is 0 Å². The van der Waals surface area contributed by atoms with E-state index in [1.165, 1.54) is 7.05 Å². The quantitative estimate of drug-likeness (QED) is 0.591. The highest BCUT2D eigenvalue weighted by Crippen LogP contribution is 2.27. The van der Waals surface area contributed by atoms with Gasteiger partial charge in [-0.2, -0.15) is 4.39 Å². The molecule has 1 aromatic rings. The van der Waals surface area contributed by atoms with E-state index in [-0.39, 0.29) is 23.6 Å².